The number of rotatable bonds is 7. The minimum Gasteiger partial charge on any atom is -0.358 e. The van der Waals surface area contributed by atoms with Crippen molar-refractivity contribution in [3.05, 3.63) is 66.0 Å². The van der Waals surface area contributed by atoms with E-state index in [1.807, 2.05) is 30.3 Å². The standard InChI is InChI=1S/C16H16N6OS/c1-2-8-17-16-19-10-14(24-16)15(23)18-9-12-11-22(21-20-12)13-6-4-3-5-7-13/h2-7,10-11H,1,8-9H2,(H,17,19)(H,18,23). The van der Waals surface area contributed by atoms with Crippen LogP contribution in [0.4, 0.5) is 5.13 Å². The first-order valence-corrected chi connectivity index (χ1v) is 8.13. The van der Waals surface area contributed by atoms with Crippen LogP contribution in [0.1, 0.15) is 15.4 Å². The van der Waals surface area contributed by atoms with E-state index in [2.05, 4.69) is 32.5 Å². The van der Waals surface area contributed by atoms with E-state index in [-0.39, 0.29) is 5.91 Å². The fourth-order valence-electron chi connectivity index (χ4n) is 1.96. The van der Waals surface area contributed by atoms with Gasteiger partial charge in [0.2, 0.25) is 0 Å². The van der Waals surface area contributed by atoms with Gasteiger partial charge in [0.1, 0.15) is 10.6 Å². The molecule has 0 spiro atoms. The molecule has 2 N–H and O–H groups in total. The van der Waals surface area contributed by atoms with Gasteiger partial charge >= 0.3 is 0 Å². The molecule has 0 aliphatic carbocycles. The molecule has 122 valence electrons. The van der Waals surface area contributed by atoms with Crippen LogP contribution in [0.5, 0.6) is 0 Å². The number of hydrogen-bond donors (Lipinski definition) is 2. The maximum absolute atomic E-state index is 12.1. The van der Waals surface area contributed by atoms with Gasteiger partial charge in [-0.1, -0.05) is 40.8 Å². The normalized spacial score (nSPS) is 10.3. The summed E-state index contributed by atoms with van der Waals surface area (Å²) in [5.74, 6) is -0.187. The minimum atomic E-state index is -0.187. The van der Waals surface area contributed by atoms with Gasteiger partial charge in [0.15, 0.2) is 5.13 Å². The van der Waals surface area contributed by atoms with Gasteiger partial charge in [-0.3, -0.25) is 4.79 Å². The molecule has 0 bridgehead atoms. The van der Waals surface area contributed by atoms with Crippen molar-refractivity contribution in [1.82, 2.24) is 25.3 Å². The van der Waals surface area contributed by atoms with E-state index >= 15 is 0 Å². The molecule has 0 saturated carbocycles. The molecule has 2 heterocycles. The number of nitrogens with one attached hydrogen (secondary N) is 2. The van der Waals surface area contributed by atoms with Crippen molar-refractivity contribution >= 4 is 22.4 Å². The highest BCUT2D eigenvalue weighted by Gasteiger charge is 2.11. The molecule has 0 atom stereocenters. The van der Waals surface area contributed by atoms with Crippen LogP contribution in [0.25, 0.3) is 5.69 Å². The van der Waals surface area contributed by atoms with E-state index in [4.69, 9.17) is 0 Å². The first kappa shape index (κ1) is 15.9. The van der Waals surface area contributed by atoms with Gasteiger partial charge in [0.25, 0.3) is 5.91 Å². The Labute approximate surface area is 143 Å². The molecule has 0 saturated heterocycles. The Morgan fingerprint density at radius 1 is 1.33 bits per heavy atom. The van der Waals surface area contributed by atoms with Crippen molar-refractivity contribution in [2.75, 3.05) is 11.9 Å². The average molecular weight is 340 g/mol. The topological polar surface area (TPSA) is 84.7 Å². The Bertz CT molecular complexity index is 826. The Balaban J connectivity index is 1.57. The zero-order valence-electron chi connectivity index (χ0n) is 12.8. The summed E-state index contributed by atoms with van der Waals surface area (Å²) in [6.45, 7) is 4.54. The monoisotopic (exact) mass is 340 g/mol. The Morgan fingerprint density at radius 3 is 2.96 bits per heavy atom. The SMILES string of the molecule is C=CCNc1ncc(C(=O)NCc2cn(-c3ccccc3)nn2)s1. The molecule has 24 heavy (non-hydrogen) atoms. The second-order valence-corrected chi connectivity index (χ2v) is 5.90. The molecule has 0 radical (unpaired) electrons. The number of para-hydroxylation sites is 1. The summed E-state index contributed by atoms with van der Waals surface area (Å²) in [4.78, 5) is 16.8. The number of aromatic nitrogens is 4. The van der Waals surface area contributed by atoms with Crippen LogP contribution < -0.4 is 10.6 Å². The molecular weight excluding hydrogens is 324 g/mol. The van der Waals surface area contributed by atoms with Gasteiger partial charge in [0.05, 0.1) is 24.6 Å². The summed E-state index contributed by atoms with van der Waals surface area (Å²) in [5, 5.41) is 14.7. The van der Waals surface area contributed by atoms with Crippen molar-refractivity contribution in [3.63, 3.8) is 0 Å². The Morgan fingerprint density at radius 2 is 2.17 bits per heavy atom. The number of carbonyl (C=O) groups excluding carboxylic acids is 1. The second-order valence-electron chi connectivity index (χ2n) is 4.87. The average Bonchev–Trinajstić information content (AvgIpc) is 3.28. The summed E-state index contributed by atoms with van der Waals surface area (Å²) in [5.41, 5.74) is 1.60. The lowest BCUT2D eigenvalue weighted by molar-refractivity contribution is 0.0954. The fourth-order valence-corrected chi connectivity index (χ4v) is 2.70. The van der Waals surface area contributed by atoms with E-state index in [1.54, 1.807) is 23.2 Å². The van der Waals surface area contributed by atoms with Crippen LogP contribution in [-0.2, 0) is 6.54 Å². The summed E-state index contributed by atoms with van der Waals surface area (Å²) < 4.78 is 1.67. The zero-order chi connectivity index (χ0) is 16.8. The van der Waals surface area contributed by atoms with Crippen LogP contribution in [-0.4, -0.2) is 32.4 Å². The van der Waals surface area contributed by atoms with Gasteiger partial charge in [-0.2, -0.15) is 0 Å². The van der Waals surface area contributed by atoms with E-state index in [0.717, 1.165) is 5.69 Å². The Hall–Kier alpha value is -3.00. The lowest BCUT2D eigenvalue weighted by atomic mass is 10.3. The van der Waals surface area contributed by atoms with E-state index in [9.17, 15) is 4.79 Å². The molecule has 3 aromatic rings. The van der Waals surface area contributed by atoms with Gasteiger partial charge in [-0.25, -0.2) is 9.67 Å². The van der Waals surface area contributed by atoms with Crippen LogP contribution >= 0.6 is 11.3 Å². The van der Waals surface area contributed by atoms with Crippen LogP contribution in [0.3, 0.4) is 0 Å². The quantitative estimate of drug-likeness (QED) is 0.645. The first-order chi connectivity index (χ1) is 11.8. The third-order valence-corrected chi connectivity index (χ3v) is 4.07. The molecule has 8 heteroatoms. The molecule has 2 aromatic heterocycles. The van der Waals surface area contributed by atoms with Gasteiger partial charge < -0.3 is 10.6 Å². The lowest BCUT2D eigenvalue weighted by Crippen LogP contribution is -2.22. The van der Waals surface area contributed by atoms with Crippen LogP contribution in [0.2, 0.25) is 0 Å². The third-order valence-electron chi connectivity index (χ3n) is 3.12. The van der Waals surface area contributed by atoms with Crippen molar-refractivity contribution < 1.29 is 4.79 Å². The number of hydrogen-bond acceptors (Lipinski definition) is 6. The maximum atomic E-state index is 12.1. The fraction of sp³-hybridized carbons (Fsp3) is 0.125. The molecule has 0 aliphatic rings. The third kappa shape index (κ3) is 3.85. The summed E-state index contributed by atoms with van der Waals surface area (Å²) in [6, 6.07) is 9.67. The smallest absolute Gasteiger partial charge is 0.263 e. The number of thiazole rings is 1. The predicted molar refractivity (Wildman–Crippen MR) is 93.3 cm³/mol. The summed E-state index contributed by atoms with van der Waals surface area (Å²) in [7, 11) is 0. The highest BCUT2D eigenvalue weighted by atomic mass is 32.1. The van der Waals surface area contributed by atoms with Crippen molar-refractivity contribution in [2.24, 2.45) is 0 Å². The molecule has 3 rings (SSSR count). The molecule has 1 amide bonds. The molecule has 0 fully saturated rings. The number of nitrogens with zero attached hydrogens (tertiary/aromatic N) is 4. The molecular formula is C16H16N6OS. The maximum Gasteiger partial charge on any atom is 0.263 e. The molecule has 0 unspecified atom stereocenters. The number of anilines is 1. The van der Waals surface area contributed by atoms with Crippen molar-refractivity contribution in [1.29, 1.82) is 0 Å². The summed E-state index contributed by atoms with van der Waals surface area (Å²) in [6.07, 6.45) is 5.07. The van der Waals surface area contributed by atoms with Crippen molar-refractivity contribution in [2.45, 2.75) is 6.54 Å². The largest absolute Gasteiger partial charge is 0.358 e. The van der Waals surface area contributed by atoms with Crippen LogP contribution in [0, 0.1) is 0 Å². The Kier molecular flexibility index (Phi) is 4.97. The van der Waals surface area contributed by atoms with Gasteiger partial charge in [-0.15, -0.1) is 11.7 Å². The van der Waals surface area contributed by atoms with Crippen molar-refractivity contribution in [3.8, 4) is 5.69 Å². The summed E-state index contributed by atoms with van der Waals surface area (Å²) >= 11 is 1.29. The van der Waals surface area contributed by atoms with Gasteiger partial charge in [0, 0.05) is 6.54 Å². The highest BCUT2D eigenvalue weighted by molar-refractivity contribution is 7.17. The lowest BCUT2D eigenvalue weighted by Gasteiger charge is -2.00. The van der Waals surface area contributed by atoms with E-state index in [1.165, 1.54) is 11.3 Å². The van der Waals surface area contributed by atoms with E-state index < -0.39 is 0 Å². The molecule has 1 aromatic carbocycles. The predicted octanol–water partition coefficient (Wildman–Crippen LogP) is 2.25. The minimum absolute atomic E-state index is 0.187. The number of benzene rings is 1. The van der Waals surface area contributed by atoms with Gasteiger partial charge in [-0.05, 0) is 12.1 Å². The van der Waals surface area contributed by atoms with Crippen LogP contribution in [0.15, 0.2) is 55.4 Å². The number of amides is 1. The second kappa shape index (κ2) is 7.51. The zero-order valence-corrected chi connectivity index (χ0v) is 13.7. The highest BCUT2D eigenvalue weighted by Crippen LogP contribution is 2.17. The first-order valence-electron chi connectivity index (χ1n) is 7.31. The van der Waals surface area contributed by atoms with E-state index in [0.29, 0.717) is 28.8 Å². The number of carbonyl (C=O) groups is 1. The molecule has 0 aliphatic heterocycles. The molecule has 7 nitrogen and oxygen atoms in total.